The molecule has 1 unspecified atom stereocenters. The number of allylic oxidation sites excluding steroid dienone is 1. The Balaban J connectivity index is 0.000000341. The van der Waals surface area contributed by atoms with E-state index in [1.807, 2.05) is 63.2 Å². The highest BCUT2D eigenvalue weighted by molar-refractivity contribution is 5.95. The highest BCUT2D eigenvalue weighted by Crippen LogP contribution is 2.61. The van der Waals surface area contributed by atoms with Crippen molar-refractivity contribution >= 4 is 47.8 Å². The highest BCUT2D eigenvalue weighted by atomic mass is 16.5. The second kappa shape index (κ2) is 27.7. The average molecular weight is 1030 g/mol. The van der Waals surface area contributed by atoms with Gasteiger partial charge in [0.2, 0.25) is 5.91 Å². The van der Waals surface area contributed by atoms with Gasteiger partial charge in [0.15, 0.2) is 11.9 Å². The number of ether oxygens (including phenoxy) is 3. The maximum absolute atomic E-state index is 13.9. The molecule has 1 heterocycles. The number of aryl methyl sites for hydroxylation is 1. The summed E-state index contributed by atoms with van der Waals surface area (Å²) in [4.78, 5) is 87.5. The van der Waals surface area contributed by atoms with E-state index in [1.165, 1.54) is 14.0 Å². The molecule has 4 aliphatic rings. The number of carbonyl (C=O) groups is 8. The lowest BCUT2D eigenvalue weighted by Crippen LogP contribution is -2.68. The molecule has 406 valence electrons. The van der Waals surface area contributed by atoms with Crippen LogP contribution in [0.4, 0.5) is 0 Å². The zero-order valence-electron chi connectivity index (χ0n) is 44.6. The number of benzene rings is 3. The quantitative estimate of drug-likeness (QED) is 0.0638. The fourth-order valence-electron chi connectivity index (χ4n) is 9.87. The van der Waals surface area contributed by atoms with Gasteiger partial charge in [-0.3, -0.25) is 28.8 Å². The maximum Gasteiger partial charge on any atom is 0.337 e. The number of hydrogen-bond acceptors (Lipinski definition) is 13. The lowest BCUT2D eigenvalue weighted by atomic mass is 9.47. The van der Waals surface area contributed by atoms with E-state index < -0.39 is 63.3 Å². The van der Waals surface area contributed by atoms with Crippen molar-refractivity contribution in [3.8, 4) is 0 Å². The summed E-state index contributed by atoms with van der Waals surface area (Å²) >= 11 is 0. The minimum atomic E-state index is -1.08. The van der Waals surface area contributed by atoms with E-state index in [1.54, 1.807) is 83.1 Å². The van der Waals surface area contributed by atoms with E-state index in [4.69, 9.17) is 35.3 Å². The summed E-state index contributed by atoms with van der Waals surface area (Å²) in [6.07, 6.45) is 2.06. The highest BCUT2D eigenvalue weighted by Gasteiger charge is 2.66. The Morgan fingerprint density at radius 2 is 1.34 bits per heavy atom. The van der Waals surface area contributed by atoms with Crippen LogP contribution in [0, 0.1) is 33.5 Å². The lowest BCUT2D eigenvalue weighted by Gasteiger charge is -2.62. The molecule has 7 atom stereocenters. The van der Waals surface area contributed by atoms with E-state index in [2.05, 4.69) is 4.74 Å². The number of Topliss-reactive ketones (excluding diaryl/α,β-unsaturated/α-hetero) is 1. The number of carboxylic acid groups (broad SMARTS) is 3. The molecule has 17 heteroatoms. The number of esters is 2. The van der Waals surface area contributed by atoms with Gasteiger partial charge in [-0.25, -0.2) is 4.79 Å². The largest absolute Gasteiger partial charge is 0.481 e. The molecule has 0 radical (unpaired) electrons. The summed E-state index contributed by atoms with van der Waals surface area (Å²) in [5.41, 5.74) is 4.68. The summed E-state index contributed by atoms with van der Waals surface area (Å²) < 4.78 is 15.8. The topological polar surface area (TPSA) is 291 Å². The van der Waals surface area contributed by atoms with Gasteiger partial charge in [0, 0.05) is 49.0 Å². The van der Waals surface area contributed by atoms with Crippen molar-refractivity contribution in [1.82, 2.24) is 0 Å². The minimum absolute atomic E-state index is 0.0699. The molecule has 1 amide bonds. The molecular weight excluding hydrogens is 955 g/mol. The molecule has 3 fully saturated rings. The number of amides is 1. The lowest BCUT2D eigenvalue weighted by molar-refractivity contribution is -0.242. The van der Waals surface area contributed by atoms with Crippen LogP contribution < -0.4 is 5.73 Å². The Labute approximate surface area is 434 Å². The molecule has 3 aliphatic carbocycles. The molecule has 74 heavy (non-hydrogen) atoms. The Morgan fingerprint density at radius 1 is 0.838 bits per heavy atom. The third kappa shape index (κ3) is 17.5. The number of carboxylic acids is 3. The van der Waals surface area contributed by atoms with E-state index in [9.17, 15) is 43.8 Å². The molecule has 2 saturated carbocycles. The number of aliphatic hydroxyl groups excluding tert-OH is 1. The van der Waals surface area contributed by atoms with E-state index in [0.29, 0.717) is 61.8 Å². The molecule has 7 rings (SSSR count). The smallest absolute Gasteiger partial charge is 0.337 e. The Bertz CT molecular complexity index is 2410. The number of primary amides is 1. The number of hydrogen-bond donors (Lipinski definition) is 6. The van der Waals surface area contributed by atoms with E-state index in [0.717, 1.165) is 24.3 Å². The molecule has 3 aromatic carbocycles. The fourth-order valence-corrected chi connectivity index (χ4v) is 9.87. The monoisotopic (exact) mass is 1030 g/mol. The minimum Gasteiger partial charge on any atom is -0.481 e. The van der Waals surface area contributed by atoms with Gasteiger partial charge in [0.05, 0.1) is 47.9 Å². The number of ketones is 1. The number of nitrogens with two attached hydrogens (primary N) is 1. The van der Waals surface area contributed by atoms with Gasteiger partial charge in [-0.1, -0.05) is 100.0 Å². The van der Waals surface area contributed by atoms with Crippen molar-refractivity contribution in [2.45, 2.75) is 138 Å². The predicted octanol–water partition coefficient (Wildman–Crippen LogP) is 7.93. The van der Waals surface area contributed by atoms with Crippen LogP contribution >= 0.6 is 0 Å². The normalized spacial score (nSPS) is 24.0. The van der Waals surface area contributed by atoms with Crippen LogP contribution in [0.25, 0.3) is 0 Å². The number of aldehydes is 1. The van der Waals surface area contributed by atoms with Crippen molar-refractivity contribution < 1.29 is 78.1 Å². The van der Waals surface area contributed by atoms with Gasteiger partial charge < -0.3 is 50.3 Å². The number of aliphatic carboxylic acids is 3. The Hall–Kier alpha value is -6.56. The van der Waals surface area contributed by atoms with E-state index in [-0.39, 0.29) is 42.0 Å². The van der Waals surface area contributed by atoms with Gasteiger partial charge in [-0.15, -0.1) is 0 Å². The second-order valence-electron chi connectivity index (χ2n) is 21.0. The van der Waals surface area contributed by atoms with Crippen LogP contribution in [0.5, 0.6) is 0 Å². The van der Waals surface area contributed by atoms with Gasteiger partial charge >= 0.3 is 23.9 Å². The van der Waals surface area contributed by atoms with Crippen LogP contribution in [-0.4, -0.2) is 111 Å². The first-order chi connectivity index (χ1) is 34.3. The summed E-state index contributed by atoms with van der Waals surface area (Å²) in [6, 6.07) is 27.3. The molecule has 1 saturated heterocycles. The molecule has 0 aromatic heterocycles. The number of fused-ring (bicyclic) bond motifs is 5. The molecule has 7 N–H and O–H groups in total. The SMILES string of the molecule is CC(=O)O.CC(=O)O[C@H]1C(=O)[C@@]2(C)C(C[C@]3(O)CCC(C)=C1C3(C)C)[C@@H]1CO[C@@H]1C[C@@H]2O.CC(C)(C=O)CC(C)(C)C(=O)O.COC(=O)c1ccccc1.NC(=O)c1ccccc1.O=C(O)CCc1ccccc1. The van der Waals surface area contributed by atoms with Crippen LogP contribution in [0.2, 0.25) is 0 Å². The van der Waals surface area contributed by atoms with Crippen molar-refractivity contribution in [2.75, 3.05) is 13.7 Å². The third-order valence-corrected chi connectivity index (χ3v) is 14.0. The number of methoxy groups -OCH3 is 1. The van der Waals surface area contributed by atoms with Crippen molar-refractivity contribution in [3.63, 3.8) is 0 Å². The van der Waals surface area contributed by atoms with Crippen molar-refractivity contribution in [2.24, 2.45) is 39.2 Å². The van der Waals surface area contributed by atoms with Gasteiger partial charge in [-0.2, -0.15) is 0 Å². The fraction of sp³-hybridized carbons (Fsp3) is 0.509. The van der Waals surface area contributed by atoms with E-state index >= 15 is 0 Å². The predicted molar refractivity (Wildman–Crippen MR) is 276 cm³/mol. The van der Waals surface area contributed by atoms with Crippen molar-refractivity contribution in [1.29, 1.82) is 0 Å². The number of rotatable bonds is 10. The summed E-state index contributed by atoms with van der Waals surface area (Å²) in [5.74, 6) is -3.97. The van der Waals surface area contributed by atoms with Gasteiger partial charge in [-0.05, 0) is 101 Å². The molecule has 1 aliphatic heterocycles. The average Bonchev–Trinajstić information content (AvgIpc) is 3.32. The van der Waals surface area contributed by atoms with Crippen LogP contribution in [-0.2, 0) is 49.4 Å². The summed E-state index contributed by atoms with van der Waals surface area (Å²) in [7, 11) is 1.37. The summed E-state index contributed by atoms with van der Waals surface area (Å²) in [6.45, 7) is 17.3. The summed E-state index contributed by atoms with van der Waals surface area (Å²) in [5, 5.41) is 47.5. The van der Waals surface area contributed by atoms with Crippen LogP contribution in [0.15, 0.2) is 102 Å². The van der Waals surface area contributed by atoms with Crippen LogP contribution in [0.1, 0.15) is 134 Å². The molecule has 17 nitrogen and oxygen atoms in total. The first kappa shape index (κ1) is 63.6. The first-order valence-corrected chi connectivity index (χ1v) is 24.4. The number of carbonyl (C=O) groups excluding carboxylic acids is 5. The Kier molecular flexibility index (Phi) is 23.7. The standard InChI is InChI=1S/C22H32O6.C9H16O3.C9H10O2.C8H8O2.C7H7NO.C2H4O2/c1-11-6-7-22(26)9-14-13-10-27-15(13)8-16(24)21(14,5)19(25)18(28-12(2)23)17(11)20(22,3)4;1-8(2,6-10)5-9(3,4)7(11)12;10-9(11)7-6-8-4-2-1-3-5-8;1-10-8(9)7-5-3-2-4-6-7;8-7(9)6-4-2-1-3-5-6;1-2(3)4/h13-16,18,24,26H,6-10H2,1-5H3;6H,5H2,1-4H3,(H,11,12);1-5H,6-7H2,(H,10,11);2-6H,1H3;1-5H,(H2,8,9);1H3,(H,3,4)/t13-,14?,15+,16-,18+,21-,22+;;;;;/m0...../s1. The van der Waals surface area contributed by atoms with Crippen LogP contribution in [0.3, 0.4) is 0 Å². The molecular formula is C57H77NO16. The first-order valence-electron chi connectivity index (χ1n) is 24.4. The Morgan fingerprint density at radius 3 is 1.74 bits per heavy atom. The third-order valence-electron chi connectivity index (χ3n) is 14.0. The second-order valence-corrected chi connectivity index (χ2v) is 21.0. The maximum atomic E-state index is 13.9. The molecule has 3 aromatic rings. The van der Waals surface area contributed by atoms with Gasteiger partial charge in [0.25, 0.3) is 5.97 Å². The molecule has 2 bridgehead atoms. The van der Waals surface area contributed by atoms with Crippen molar-refractivity contribution in [3.05, 3.63) is 119 Å². The van der Waals surface area contributed by atoms with Gasteiger partial charge in [0.1, 0.15) is 6.29 Å². The zero-order chi connectivity index (χ0) is 56.4. The zero-order valence-corrected chi connectivity index (χ0v) is 44.6. The number of aliphatic hydroxyl groups is 2. The molecule has 0 spiro atoms.